The fraction of sp³-hybridized carbons (Fsp3) is 0.500. The first-order valence-corrected chi connectivity index (χ1v) is 5.52. The van der Waals surface area contributed by atoms with Crippen molar-refractivity contribution in [1.82, 2.24) is 0 Å². The van der Waals surface area contributed by atoms with E-state index < -0.39 is 0 Å². The third-order valence-corrected chi connectivity index (χ3v) is 3.20. The van der Waals surface area contributed by atoms with Crippen molar-refractivity contribution in [3.05, 3.63) is 28.3 Å². The number of hydrogen-bond donors (Lipinski definition) is 0. The molecule has 0 aliphatic carbocycles. The highest BCUT2D eigenvalue weighted by atomic mass is 35.5. The average Bonchev–Trinajstić information content (AvgIpc) is 2.11. The van der Waals surface area contributed by atoms with Gasteiger partial charge in [-0.25, -0.2) is 0 Å². The molecule has 2 nitrogen and oxygen atoms in total. The number of rotatable bonds is 3. The van der Waals surface area contributed by atoms with Crippen LogP contribution in [0.15, 0.2) is 12.1 Å². The molecule has 1 saturated heterocycles. The van der Waals surface area contributed by atoms with Gasteiger partial charge in [0.05, 0.1) is 19.8 Å². The molecule has 0 spiro atoms. The molecule has 15 heavy (non-hydrogen) atoms. The van der Waals surface area contributed by atoms with Crippen LogP contribution in [0.1, 0.15) is 11.1 Å². The lowest BCUT2D eigenvalue weighted by Gasteiger charge is -2.25. The van der Waals surface area contributed by atoms with Crippen LogP contribution in [0.25, 0.3) is 0 Å². The lowest BCUT2D eigenvalue weighted by atomic mass is 10.1. The Morgan fingerprint density at radius 3 is 2.40 bits per heavy atom. The minimum Gasteiger partial charge on any atom is -0.493 e. The predicted molar refractivity (Wildman–Crippen MR) is 60.7 cm³/mol. The molecule has 1 fully saturated rings. The first-order chi connectivity index (χ1) is 7.16. The molecule has 1 aromatic carbocycles. The van der Waals surface area contributed by atoms with E-state index in [1.807, 2.05) is 26.0 Å². The van der Waals surface area contributed by atoms with E-state index in [9.17, 15) is 0 Å². The molecule has 0 radical (unpaired) electrons. The molecule has 0 N–H and O–H groups in total. The summed E-state index contributed by atoms with van der Waals surface area (Å²) in [5.74, 6) is 1.46. The van der Waals surface area contributed by atoms with Gasteiger partial charge in [-0.1, -0.05) is 11.6 Å². The Labute approximate surface area is 95.1 Å². The normalized spacial score (nSPS) is 16.2. The third-order valence-electron chi connectivity index (χ3n) is 2.60. The second kappa shape index (κ2) is 4.42. The van der Waals surface area contributed by atoms with Gasteiger partial charge in [-0.2, -0.15) is 0 Å². The van der Waals surface area contributed by atoms with Crippen molar-refractivity contribution in [2.45, 2.75) is 13.8 Å². The topological polar surface area (TPSA) is 18.5 Å². The highest BCUT2D eigenvalue weighted by Crippen LogP contribution is 2.26. The van der Waals surface area contributed by atoms with Gasteiger partial charge < -0.3 is 9.47 Å². The zero-order valence-corrected chi connectivity index (χ0v) is 9.80. The number of benzene rings is 1. The van der Waals surface area contributed by atoms with Gasteiger partial charge in [-0.05, 0) is 37.1 Å². The van der Waals surface area contributed by atoms with Crippen LogP contribution in [0.4, 0.5) is 0 Å². The van der Waals surface area contributed by atoms with E-state index in [1.165, 1.54) is 0 Å². The standard InChI is InChI=1S/C12H15ClO2/c1-8-3-11(4-9(2)12(8)13)15-7-10-5-14-6-10/h3-4,10H,5-7H2,1-2H3. The van der Waals surface area contributed by atoms with Crippen LogP contribution in [0.3, 0.4) is 0 Å². The Morgan fingerprint density at radius 2 is 1.93 bits per heavy atom. The van der Waals surface area contributed by atoms with Gasteiger partial charge in [0.2, 0.25) is 0 Å². The fourth-order valence-electron chi connectivity index (χ4n) is 1.58. The first-order valence-electron chi connectivity index (χ1n) is 5.14. The van der Waals surface area contributed by atoms with Crippen LogP contribution in [0, 0.1) is 19.8 Å². The van der Waals surface area contributed by atoms with Crippen LogP contribution < -0.4 is 4.74 Å². The average molecular weight is 227 g/mol. The summed E-state index contributed by atoms with van der Waals surface area (Å²) in [6, 6.07) is 3.96. The zero-order valence-electron chi connectivity index (χ0n) is 9.05. The van der Waals surface area contributed by atoms with E-state index in [2.05, 4.69) is 0 Å². The summed E-state index contributed by atoms with van der Waals surface area (Å²) in [5, 5.41) is 0.828. The molecule has 82 valence electrons. The Morgan fingerprint density at radius 1 is 1.33 bits per heavy atom. The van der Waals surface area contributed by atoms with E-state index in [0.717, 1.165) is 41.7 Å². The fourth-order valence-corrected chi connectivity index (χ4v) is 1.69. The highest BCUT2D eigenvalue weighted by Gasteiger charge is 2.19. The van der Waals surface area contributed by atoms with Crippen LogP contribution in [-0.2, 0) is 4.74 Å². The van der Waals surface area contributed by atoms with E-state index in [0.29, 0.717) is 5.92 Å². The van der Waals surface area contributed by atoms with Crippen molar-refractivity contribution >= 4 is 11.6 Å². The highest BCUT2D eigenvalue weighted by molar-refractivity contribution is 6.32. The van der Waals surface area contributed by atoms with Crippen molar-refractivity contribution in [3.63, 3.8) is 0 Å². The van der Waals surface area contributed by atoms with Crippen LogP contribution in [0.2, 0.25) is 5.02 Å². The van der Waals surface area contributed by atoms with E-state index in [4.69, 9.17) is 21.1 Å². The van der Waals surface area contributed by atoms with Crippen molar-refractivity contribution < 1.29 is 9.47 Å². The molecule has 0 aromatic heterocycles. The Kier molecular flexibility index (Phi) is 3.17. The lowest BCUT2D eigenvalue weighted by molar-refractivity contribution is -0.0508. The largest absolute Gasteiger partial charge is 0.493 e. The second-order valence-electron chi connectivity index (χ2n) is 4.09. The number of halogens is 1. The molecule has 1 aromatic rings. The van der Waals surface area contributed by atoms with Crippen molar-refractivity contribution in [1.29, 1.82) is 0 Å². The maximum absolute atomic E-state index is 6.08. The summed E-state index contributed by atoms with van der Waals surface area (Å²) in [5.41, 5.74) is 2.13. The van der Waals surface area contributed by atoms with E-state index in [-0.39, 0.29) is 0 Å². The van der Waals surface area contributed by atoms with Crippen LogP contribution >= 0.6 is 11.6 Å². The van der Waals surface area contributed by atoms with Crippen molar-refractivity contribution in [2.24, 2.45) is 5.92 Å². The summed E-state index contributed by atoms with van der Waals surface area (Å²) >= 11 is 6.08. The molecule has 0 saturated carbocycles. The van der Waals surface area contributed by atoms with Gasteiger partial charge in [0.1, 0.15) is 5.75 Å². The first kappa shape index (κ1) is 10.8. The monoisotopic (exact) mass is 226 g/mol. The zero-order chi connectivity index (χ0) is 10.8. The minimum atomic E-state index is 0.557. The van der Waals surface area contributed by atoms with E-state index in [1.54, 1.807) is 0 Å². The second-order valence-corrected chi connectivity index (χ2v) is 4.46. The van der Waals surface area contributed by atoms with Gasteiger partial charge in [0.25, 0.3) is 0 Å². The van der Waals surface area contributed by atoms with Crippen molar-refractivity contribution in [2.75, 3.05) is 19.8 Å². The summed E-state index contributed by atoms with van der Waals surface area (Å²) in [6.45, 7) is 6.38. The van der Waals surface area contributed by atoms with Gasteiger partial charge in [0, 0.05) is 10.9 Å². The third kappa shape index (κ3) is 2.44. The molecule has 3 heteroatoms. The maximum atomic E-state index is 6.08. The van der Waals surface area contributed by atoms with Crippen molar-refractivity contribution in [3.8, 4) is 5.75 Å². The minimum absolute atomic E-state index is 0.557. The predicted octanol–water partition coefficient (Wildman–Crippen LogP) is 2.98. The molecule has 1 heterocycles. The SMILES string of the molecule is Cc1cc(OCC2COC2)cc(C)c1Cl. The molecule has 1 aliphatic heterocycles. The molecule has 1 aliphatic rings. The molecular formula is C12H15ClO2. The molecule has 0 bridgehead atoms. The summed E-state index contributed by atoms with van der Waals surface area (Å²) in [4.78, 5) is 0. The maximum Gasteiger partial charge on any atom is 0.119 e. The number of hydrogen-bond acceptors (Lipinski definition) is 2. The summed E-state index contributed by atoms with van der Waals surface area (Å²) in [6.07, 6.45) is 0. The molecule has 0 atom stereocenters. The smallest absolute Gasteiger partial charge is 0.119 e. The van der Waals surface area contributed by atoms with Crippen LogP contribution in [0.5, 0.6) is 5.75 Å². The number of ether oxygens (including phenoxy) is 2. The Balaban J connectivity index is 2.01. The molecule has 0 unspecified atom stereocenters. The molecule has 0 amide bonds. The van der Waals surface area contributed by atoms with Crippen LogP contribution in [-0.4, -0.2) is 19.8 Å². The summed E-state index contributed by atoms with van der Waals surface area (Å²) < 4.78 is 10.8. The Hall–Kier alpha value is -0.730. The molecular weight excluding hydrogens is 212 g/mol. The van der Waals surface area contributed by atoms with E-state index >= 15 is 0 Å². The summed E-state index contributed by atoms with van der Waals surface area (Å²) in [7, 11) is 0. The van der Waals surface area contributed by atoms with Gasteiger partial charge in [-0.15, -0.1) is 0 Å². The van der Waals surface area contributed by atoms with Gasteiger partial charge >= 0.3 is 0 Å². The quantitative estimate of drug-likeness (QED) is 0.789. The number of aryl methyl sites for hydroxylation is 2. The molecule has 2 rings (SSSR count). The van der Waals surface area contributed by atoms with Gasteiger partial charge in [0.15, 0.2) is 0 Å². The lowest BCUT2D eigenvalue weighted by Crippen LogP contribution is -2.32. The Bertz CT molecular complexity index is 336. The van der Waals surface area contributed by atoms with Gasteiger partial charge in [-0.3, -0.25) is 0 Å².